The van der Waals surface area contributed by atoms with Crippen LogP contribution in [0.1, 0.15) is 56.4 Å². The van der Waals surface area contributed by atoms with E-state index in [0.29, 0.717) is 12.3 Å². The van der Waals surface area contributed by atoms with Crippen LogP contribution in [0.2, 0.25) is 0 Å². The molecule has 0 radical (unpaired) electrons. The lowest BCUT2D eigenvalue weighted by molar-refractivity contribution is 0.0519. The number of carbonyl (C=O) groups is 1. The minimum absolute atomic E-state index is 0.0277. The summed E-state index contributed by atoms with van der Waals surface area (Å²) in [6, 6.07) is 9.17. The van der Waals surface area contributed by atoms with Gasteiger partial charge in [-0.15, -0.1) is 0 Å². The van der Waals surface area contributed by atoms with Crippen LogP contribution in [0, 0.1) is 0 Å². The number of hydrogen-bond acceptors (Lipinski definition) is 6. The van der Waals surface area contributed by atoms with Gasteiger partial charge in [0.25, 0.3) is 0 Å². The van der Waals surface area contributed by atoms with Crippen LogP contribution in [0.15, 0.2) is 30.3 Å². The lowest BCUT2D eigenvalue weighted by Gasteiger charge is -2.12. The van der Waals surface area contributed by atoms with Crippen molar-refractivity contribution in [2.75, 3.05) is 18.9 Å². The molecule has 0 bridgehead atoms. The number of anilines is 1. The Kier molecular flexibility index (Phi) is 7.86. The zero-order chi connectivity index (χ0) is 18.8. The number of nitrogen functional groups attached to an aromatic ring is 1. The fourth-order valence-corrected chi connectivity index (χ4v) is 2.61. The van der Waals surface area contributed by atoms with Crippen molar-refractivity contribution in [3.63, 3.8) is 0 Å². The molecular formula is C20H27N3O3. The van der Waals surface area contributed by atoms with Crippen LogP contribution in [0.3, 0.4) is 0 Å². The first kappa shape index (κ1) is 19.7. The van der Waals surface area contributed by atoms with Crippen molar-refractivity contribution in [2.24, 2.45) is 0 Å². The van der Waals surface area contributed by atoms with Crippen LogP contribution >= 0.6 is 0 Å². The maximum atomic E-state index is 12.0. The molecule has 0 saturated carbocycles. The van der Waals surface area contributed by atoms with E-state index in [0.717, 1.165) is 24.2 Å². The second kappa shape index (κ2) is 10.4. The molecule has 0 spiro atoms. The monoisotopic (exact) mass is 357 g/mol. The van der Waals surface area contributed by atoms with Gasteiger partial charge in [-0.05, 0) is 31.5 Å². The smallest absolute Gasteiger partial charge is 0.357 e. The molecule has 1 aromatic carbocycles. The maximum Gasteiger partial charge on any atom is 0.357 e. The zero-order valence-corrected chi connectivity index (χ0v) is 15.5. The summed E-state index contributed by atoms with van der Waals surface area (Å²) in [5, 5.41) is 0. The first-order valence-corrected chi connectivity index (χ1v) is 9.19. The van der Waals surface area contributed by atoms with Crippen molar-refractivity contribution in [1.82, 2.24) is 9.97 Å². The number of carbonyl (C=O) groups excluding carboxylic acids is 1. The number of aromatic nitrogens is 2. The Balaban J connectivity index is 2.14. The summed E-state index contributed by atoms with van der Waals surface area (Å²) in [6.07, 6.45) is 5.87. The predicted octanol–water partition coefficient (Wildman–Crippen LogP) is 4.25. The van der Waals surface area contributed by atoms with Crippen LogP contribution in [0.4, 0.5) is 5.95 Å². The third-order valence-electron chi connectivity index (χ3n) is 3.90. The van der Waals surface area contributed by atoms with Crippen molar-refractivity contribution in [3.05, 3.63) is 36.0 Å². The summed E-state index contributed by atoms with van der Waals surface area (Å²) < 4.78 is 10.9. The van der Waals surface area contributed by atoms with E-state index in [1.54, 1.807) is 13.0 Å². The molecule has 1 heterocycles. The van der Waals surface area contributed by atoms with E-state index < -0.39 is 5.97 Å². The van der Waals surface area contributed by atoms with Crippen LogP contribution in [0.25, 0.3) is 11.3 Å². The van der Waals surface area contributed by atoms with Crippen LogP contribution in [0.5, 0.6) is 5.75 Å². The fraction of sp³-hybridized carbons (Fsp3) is 0.450. The number of unbranched alkanes of at least 4 members (excludes halogenated alkanes) is 4. The molecule has 2 rings (SSSR count). The van der Waals surface area contributed by atoms with E-state index in [1.807, 2.05) is 24.3 Å². The quantitative estimate of drug-likeness (QED) is 0.505. The normalized spacial score (nSPS) is 10.5. The van der Waals surface area contributed by atoms with Gasteiger partial charge in [-0.2, -0.15) is 0 Å². The Morgan fingerprint density at radius 1 is 1.08 bits per heavy atom. The van der Waals surface area contributed by atoms with E-state index in [-0.39, 0.29) is 18.2 Å². The minimum Gasteiger partial charge on any atom is -0.493 e. The Labute approximate surface area is 154 Å². The average molecular weight is 357 g/mol. The van der Waals surface area contributed by atoms with Gasteiger partial charge in [-0.25, -0.2) is 14.8 Å². The SMILES string of the molecule is CCCCCCCOc1ccccc1-c1cc(C(=O)OCC)nc(N)n1. The highest BCUT2D eigenvalue weighted by molar-refractivity contribution is 5.89. The number of benzene rings is 1. The number of hydrogen-bond donors (Lipinski definition) is 1. The lowest BCUT2D eigenvalue weighted by Crippen LogP contribution is -2.10. The van der Waals surface area contributed by atoms with E-state index in [1.165, 1.54) is 19.3 Å². The summed E-state index contributed by atoms with van der Waals surface area (Å²) in [7, 11) is 0. The summed E-state index contributed by atoms with van der Waals surface area (Å²) in [5.41, 5.74) is 7.24. The van der Waals surface area contributed by atoms with Crippen LogP contribution in [-0.4, -0.2) is 29.2 Å². The first-order chi connectivity index (χ1) is 12.7. The van der Waals surface area contributed by atoms with Gasteiger partial charge >= 0.3 is 5.97 Å². The number of esters is 1. The predicted molar refractivity (Wildman–Crippen MR) is 102 cm³/mol. The molecule has 0 unspecified atom stereocenters. The number of nitrogens with zero attached hydrogens (tertiary/aromatic N) is 2. The Bertz CT molecular complexity index is 719. The van der Waals surface area contributed by atoms with E-state index in [2.05, 4.69) is 16.9 Å². The van der Waals surface area contributed by atoms with E-state index >= 15 is 0 Å². The number of ether oxygens (including phenoxy) is 2. The van der Waals surface area contributed by atoms with Gasteiger partial charge in [-0.3, -0.25) is 0 Å². The van der Waals surface area contributed by atoms with E-state index in [4.69, 9.17) is 15.2 Å². The summed E-state index contributed by atoms with van der Waals surface area (Å²) in [5.74, 6) is 0.230. The summed E-state index contributed by atoms with van der Waals surface area (Å²) in [4.78, 5) is 20.2. The molecule has 0 saturated heterocycles. The molecule has 0 fully saturated rings. The summed E-state index contributed by atoms with van der Waals surface area (Å²) in [6.45, 7) is 4.86. The molecule has 0 aliphatic heterocycles. The fourth-order valence-electron chi connectivity index (χ4n) is 2.61. The standard InChI is InChI=1S/C20H27N3O3/c1-3-5-6-7-10-13-26-18-12-9-8-11-15(18)16-14-17(19(24)25-4-2)23-20(21)22-16/h8-9,11-12,14H,3-7,10,13H2,1-2H3,(H2,21,22,23). The highest BCUT2D eigenvalue weighted by Gasteiger charge is 2.15. The highest BCUT2D eigenvalue weighted by atomic mass is 16.5. The van der Waals surface area contributed by atoms with Crippen molar-refractivity contribution >= 4 is 11.9 Å². The third-order valence-corrected chi connectivity index (χ3v) is 3.90. The molecule has 6 heteroatoms. The third kappa shape index (κ3) is 5.72. The van der Waals surface area contributed by atoms with Gasteiger partial charge in [0.1, 0.15) is 5.75 Å². The van der Waals surface area contributed by atoms with Crippen molar-refractivity contribution in [1.29, 1.82) is 0 Å². The first-order valence-electron chi connectivity index (χ1n) is 9.19. The number of rotatable bonds is 10. The average Bonchev–Trinajstić information content (AvgIpc) is 2.64. The van der Waals surface area contributed by atoms with Gasteiger partial charge in [0.05, 0.1) is 18.9 Å². The molecule has 0 amide bonds. The molecule has 0 atom stereocenters. The van der Waals surface area contributed by atoms with E-state index in [9.17, 15) is 4.79 Å². The van der Waals surface area contributed by atoms with Gasteiger partial charge in [-0.1, -0.05) is 44.7 Å². The topological polar surface area (TPSA) is 87.3 Å². The van der Waals surface area contributed by atoms with Gasteiger partial charge in [0.15, 0.2) is 5.69 Å². The molecule has 6 nitrogen and oxygen atoms in total. The molecule has 140 valence electrons. The largest absolute Gasteiger partial charge is 0.493 e. The second-order valence-corrected chi connectivity index (χ2v) is 5.98. The maximum absolute atomic E-state index is 12.0. The Morgan fingerprint density at radius 3 is 2.62 bits per heavy atom. The Hall–Kier alpha value is -2.63. The molecule has 2 N–H and O–H groups in total. The second-order valence-electron chi connectivity index (χ2n) is 5.98. The number of nitrogens with two attached hydrogens (primary N) is 1. The highest BCUT2D eigenvalue weighted by Crippen LogP contribution is 2.29. The molecular weight excluding hydrogens is 330 g/mol. The zero-order valence-electron chi connectivity index (χ0n) is 15.5. The van der Waals surface area contributed by atoms with Crippen molar-refractivity contribution in [3.8, 4) is 17.0 Å². The molecule has 1 aromatic heterocycles. The summed E-state index contributed by atoms with van der Waals surface area (Å²) >= 11 is 0. The Morgan fingerprint density at radius 2 is 1.85 bits per heavy atom. The minimum atomic E-state index is -0.517. The van der Waals surface area contributed by atoms with Gasteiger partial charge in [0, 0.05) is 5.56 Å². The van der Waals surface area contributed by atoms with Crippen molar-refractivity contribution in [2.45, 2.75) is 46.0 Å². The molecule has 26 heavy (non-hydrogen) atoms. The van der Waals surface area contributed by atoms with Crippen LogP contribution < -0.4 is 10.5 Å². The molecule has 2 aromatic rings. The van der Waals surface area contributed by atoms with Gasteiger partial charge in [0.2, 0.25) is 5.95 Å². The van der Waals surface area contributed by atoms with Crippen LogP contribution in [-0.2, 0) is 4.74 Å². The molecule has 0 aliphatic rings. The van der Waals surface area contributed by atoms with Gasteiger partial charge < -0.3 is 15.2 Å². The molecule has 0 aliphatic carbocycles. The van der Waals surface area contributed by atoms with Crippen molar-refractivity contribution < 1.29 is 14.3 Å². The number of para-hydroxylation sites is 1. The lowest BCUT2D eigenvalue weighted by atomic mass is 10.1.